The number of hydrogen-bond donors (Lipinski definition) is 0. The summed E-state index contributed by atoms with van der Waals surface area (Å²) < 4.78 is 7.28. The standard InChI is InChI=1S/C54H35N3/c1-3-13-36(14-4-1)37-23-25-38(26-24-37)39-27-29-41(30-28-39)56-48-21-11-8-18-44(48)53-51(56)33-34-52-54(53)45-19-9-12-22-49(45)57(52)42-31-32-50-46(35-42)43-17-7-10-20-47(43)55(50)40-15-5-2-6-16-40/h1-35H. The van der Waals surface area contributed by atoms with Gasteiger partial charge in [-0.2, -0.15) is 0 Å². The van der Waals surface area contributed by atoms with Gasteiger partial charge in [-0.05, 0) is 95.1 Å². The molecule has 0 atom stereocenters. The molecule has 0 aliphatic carbocycles. The average molecular weight is 726 g/mol. The van der Waals surface area contributed by atoms with Crippen LogP contribution in [0.25, 0.3) is 105 Å². The molecule has 12 aromatic rings. The van der Waals surface area contributed by atoms with Crippen molar-refractivity contribution in [2.45, 2.75) is 0 Å². The number of hydrogen-bond acceptors (Lipinski definition) is 0. The van der Waals surface area contributed by atoms with E-state index in [0.717, 1.165) is 11.4 Å². The van der Waals surface area contributed by atoms with Gasteiger partial charge >= 0.3 is 0 Å². The maximum atomic E-state index is 2.46. The lowest BCUT2D eigenvalue weighted by Crippen LogP contribution is -1.96. The van der Waals surface area contributed by atoms with Crippen molar-refractivity contribution in [1.82, 2.24) is 13.7 Å². The van der Waals surface area contributed by atoms with E-state index in [0.29, 0.717) is 0 Å². The molecule has 0 aliphatic heterocycles. The summed E-state index contributed by atoms with van der Waals surface area (Å²) in [7, 11) is 0. The van der Waals surface area contributed by atoms with E-state index in [1.807, 2.05) is 0 Å². The Bertz CT molecular complexity index is 3470. The Morgan fingerprint density at radius 3 is 1.14 bits per heavy atom. The Morgan fingerprint density at radius 2 is 0.561 bits per heavy atom. The van der Waals surface area contributed by atoms with Gasteiger partial charge in [-0.3, -0.25) is 0 Å². The smallest absolute Gasteiger partial charge is 0.0548 e. The molecule has 0 saturated carbocycles. The van der Waals surface area contributed by atoms with Crippen molar-refractivity contribution >= 4 is 65.4 Å². The molecule has 0 saturated heterocycles. The van der Waals surface area contributed by atoms with Gasteiger partial charge in [0.15, 0.2) is 0 Å². The Morgan fingerprint density at radius 1 is 0.211 bits per heavy atom. The molecule has 0 unspecified atom stereocenters. The second-order valence-electron chi connectivity index (χ2n) is 14.9. The molecule has 266 valence electrons. The summed E-state index contributed by atoms with van der Waals surface area (Å²) in [6, 6.07) is 77.3. The van der Waals surface area contributed by atoms with Gasteiger partial charge in [-0.15, -0.1) is 0 Å². The van der Waals surface area contributed by atoms with Crippen LogP contribution in [0.4, 0.5) is 0 Å². The summed E-state index contributed by atoms with van der Waals surface area (Å²) in [5, 5.41) is 7.55. The summed E-state index contributed by atoms with van der Waals surface area (Å²) in [6.07, 6.45) is 0. The van der Waals surface area contributed by atoms with Gasteiger partial charge in [0.2, 0.25) is 0 Å². The molecule has 0 spiro atoms. The first-order chi connectivity index (χ1) is 28.3. The van der Waals surface area contributed by atoms with Gasteiger partial charge in [0.05, 0.1) is 33.1 Å². The largest absolute Gasteiger partial charge is 0.309 e. The minimum atomic E-state index is 1.15. The summed E-state index contributed by atoms with van der Waals surface area (Å²) in [5.74, 6) is 0. The predicted molar refractivity (Wildman–Crippen MR) is 240 cm³/mol. The van der Waals surface area contributed by atoms with Crippen molar-refractivity contribution in [3.05, 3.63) is 212 Å². The lowest BCUT2D eigenvalue weighted by Gasteiger charge is -2.11. The van der Waals surface area contributed by atoms with Crippen LogP contribution in [0, 0.1) is 0 Å². The number of para-hydroxylation sites is 4. The van der Waals surface area contributed by atoms with Crippen LogP contribution in [0.3, 0.4) is 0 Å². The van der Waals surface area contributed by atoms with E-state index >= 15 is 0 Å². The minimum Gasteiger partial charge on any atom is -0.309 e. The van der Waals surface area contributed by atoms with Crippen molar-refractivity contribution in [3.8, 4) is 39.3 Å². The molecule has 0 radical (unpaired) electrons. The average Bonchev–Trinajstić information content (AvgIpc) is 3.92. The number of aromatic nitrogens is 3. The second-order valence-corrected chi connectivity index (χ2v) is 14.9. The third kappa shape index (κ3) is 4.79. The van der Waals surface area contributed by atoms with E-state index in [-0.39, 0.29) is 0 Å². The molecule has 0 fully saturated rings. The number of benzene rings is 9. The fourth-order valence-electron chi connectivity index (χ4n) is 9.32. The number of rotatable bonds is 5. The van der Waals surface area contributed by atoms with E-state index in [9.17, 15) is 0 Å². The van der Waals surface area contributed by atoms with Crippen molar-refractivity contribution < 1.29 is 0 Å². The molecule has 0 bridgehead atoms. The zero-order chi connectivity index (χ0) is 37.5. The van der Waals surface area contributed by atoms with Crippen LogP contribution in [-0.4, -0.2) is 13.7 Å². The summed E-state index contributed by atoms with van der Waals surface area (Å²) in [6.45, 7) is 0. The molecule has 57 heavy (non-hydrogen) atoms. The van der Waals surface area contributed by atoms with Crippen LogP contribution in [0.5, 0.6) is 0 Å². The normalized spacial score (nSPS) is 11.9. The Kier molecular flexibility index (Phi) is 6.93. The van der Waals surface area contributed by atoms with Gasteiger partial charge in [-0.1, -0.05) is 140 Å². The summed E-state index contributed by atoms with van der Waals surface area (Å²) in [5.41, 5.74) is 15.6. The van der Waals surface area contributed by atoms with Crippen LogP contribution >= 0.6 is 0 Å². The van der Waals surface area contributed by atoms with Crippen LogP contribution < -0.4 is 0 Å². The molecule has 3 nitrogen and oxygen atoms in total. The van der Waals surface area contributed by atoms with E-state index in [1.165, 1.54) is 93.4 Å². The Hall–Kier alpha value is -7.62. The first-order valence-electron chi connectivity index (χ1n) is 19.6. The van der Waals surface area contributed by atoms with Gasteiger partial charge < -0.3 is 13.7 Å². The molecule has 0 N–H and O–H groups in total. The van der Waals surface area contributed by atoms with Gasteiger partial charge in [0, 0.05) is 49.4 Å². The van der Waals surface area contributed by atoms with Crippen LogP contribution in [0.15, 0.2) is 212 Å². The molecule has 0 amide bonds. The van der Waals surface area contributed by atoms with E-state index < -0.39 is 0 Å². The third-order valence-corrected chi connectivity index (χ3v) is 11.9. The van der Waals surface area contributed by atoms with Crippen LogP contribution in [0.1, 0.15) is 0 Å². The molecule has 3 aromatic heterocycles. The molecule has 3 heteroatoms. The fourth-order valence-corrected chi connectivity index (χ4v) is 9.32. The molecular weight excluding hydrogens is 691 g/mol. The highest BCUT2D eigenvalue weighted by Gasteiger charge is 2.21. The third-order valence-electron chi connectivity index (χ3n) is 11.9. The van der Waals surface area contributed by atoms with Gasteiger partial charge in [-0.25, -0.2) is 0 Å². The molecule has 12 rings (SSSR count). The lowest BCUT2D eigenvalue weighted by atomic mass is 10.0. The maximum Gasteiger partial charge on any atom is 0.0548 e. The Balaban J connectivity index is 1.04. The lowest BCUT2D eigenvalue weighted by molar-refractivity contribution is 1.16. The topological polar surface area (TPSA) is 14.8 Å². The quantitative estimate of drug-likeness (QED) is 0.168. The highest BCUT2D eigenvalue weighted by molar-refractivity contribution is 6.29. The maximum absolute atomic E-state index is 2.46. The second kappa shape index (κ2) is 12.5. The van der Waals surface area contributed by atoms with E-state index in [1.54, 1.807) is 0 Å². The van der Waals surface area contributed by atoms with Crippen molar-refractivity contribution in [2.75, 3.05) is 0 Å². The fraction of sp³-hybridized carbons (Fsp3) is 0. The summed E-state index contributed by atoms with van der Waals surface area (Å²) >= 11 is 0. The van der Waals surface area contributed by atoms with Gasteiger partial charge in [0.1, 0.15) is 0 Å². The molecule has 0 aliphatic rings. The van der Waals surface area contributed by atoms with Crippen molar-refractivity contribution in [3.63, 3.8) is 0 Å². The van der Waals surface area contributed by atoms with Crippen LogP contribution in [-0.2, 0) is 0 Å². The van der Waals surface area contributed by atoms with E-state index in [2.05, 4.69) is 226 Å². The summed E-state index contributed by atoms with van der Waals surface area (Å²) in [4.78, 5) is 0. The number of fused-ring (bicyclic) bond motifs is 10. The predicted octanol–water partition coefficient (Wildman–Crippen LogP) is 14.3. The SMILES string of the molecule is c1ccc(-c2ccc(-c3ccc(-n4c5ccccc5c5c6c7ccccc7n(-c7ccc8c(c7)c7ccccc7n8-c7ccccc7)c6ccc54)cc3)cc2)cc1. The zero-order valence-electron chi connectivity index (χ0n) is 31.0. The molecule has 9 aromatic carbocycles. The number of nitrogens with zero attached hydrogens (tertiary/aromatic N) is 3. The zero-order valence-corrected chi connectivity index (χ0v) is 31.0. The van der Waals surface area contributed by atoms with Crippen molar-refractivity contribution in [1.29, 1.82) is 0 Å². The highest BCUT2D eigenvalue weighted by atomic mass is 15.0. The van der Waals surface area contributed by atoms with Crippen LogP contribution in [0.2, 0.25) is 0 Å². The highest BCUT2D eigenvalue weighted by Crippen LogP contribution is 2.43. The molecule has 3 heterocycles. The monoisotopic (exact) mass is 725 g/mol. The van der Waals surface area contributed by atoms with E-state index in [4.69, 9.17) is 0 Å². The minimum absolute atomic E-state index is 1.15. The van der Waals surface area contributed by atoms with Gasteiger partial charge in [0.25, 0.3) is 0 Å². The van der Waals surface area contributed by atoms with Crippen molar-refractivity contribution in [2.24, 2.45) is 0 Å². The first kappa shape index (κ1) is 31.7. The molecular formula is C54H35N3. The first-order valence-corrected chi connectivity index (χ1v) is 19.6. The Labute approximate surface area is 329 Å².